The molecular weight excluding hydrogens is 544 g/mol. The molecule has 6 amide bonds. The SMILES string of the molecule is NC(=O)c1coc(C2=CC3CN(C2)C(=O)N3OS(=O)(=O)ON2C(=O)N3CC(c4nc(C(N)=O)co4)=CC2C3)n1. The number of oxazole rings is 2. The van der Waals surface area contributed by atoms with Crippen LogP contribution in [-0.4, -0.2) is 100 Å². The van der Waals surface area contributed by atoms with Crippen LogP contribution in [0.15, 0.2) is 33.5 Å². The Morgan fingerprint density at radius 1 is 0.821 bits per heavy atom. The fraction of sp³-hybridized carbons (Fsp3) is 0.300. The molecule has 2 aromatic rings. The lowest BCUT2D eigenvalue weighted by Gasteiger charge is -2.22. The Balaban J connectivity index is 1.18. The highest BCUT2D eigenvalue weighted by atomic mass is 32.3. The van der Waals surface area contributed by atoms with Crippen molar-refractivity contribution in [3.05, 3.63) is 47.8 Å². The van der Waals surface area contributed by atoms with Gasteiger partial charge in [-0.15, -0.1) is 8.57 Å². The third-order valence-corrected chi connectivity index (χ3v) is 6.94. The number of nitrogens with zero attached hydrogens (tertiary/aromatic N) is 6. The van der Waals surface area contributed by atoms with Gasteiger partial charge in [-0.2, -0.15) is 18.5 Å². The summed E-state index contributed by atoms with van der Waals surface area (Å²) in [5, 5.41) is 1.18. The van der Waals surface area contributed by atoms with E-state index in [1.54, 1.807) is 0 Å². The van der Waals surface area contributed by atoms with Crippen molar-refractivity contribution in [1.82, 2.24) is 29.9 Å². The van der Waals surface area contributed by atoms with Gasteiger partial charge >= 0.3 is 22.5 Å². The topological polar surface area (TPSA) is 238 Å². The number of hydroxylamine groups is 4. The number of aromatic nitrogens is 2. The molecule has 4 aliphatic rings. The first kappa shape index (κ1) is 24.6. The maximum Gasteiger partial charge on any atom is 0.442 e. The number of nitrogens with two attached hydrogens (primary N) is 2. The smallest absolute Gasteiger partial charge is 0.442 e. The molecule has 2 saturated heterocycles. The number of carbonyl (C=O) groups excluding carboxylic acids is 4. The van der Waals surface area contributed by atoms with E-state index in [1.807, 2.05) is 0 Å². The summed E-state index contributed by atoms with van der Waals surface area (Å²) < 4.78 is 46.0. The van der Waals surface area contributed by atoms with E-state index in [2.05, 4.69) is 9.97 Å². The molecule has 2 atom stereocenters. The molecule has 4 aliphatic heterocycles. The molecule has 0 radical (unpaired) electrons. The van der Waals surface area contributed by atoms with Gasteiger partial charge in [-0.25, -0.2) is 19.6 Å². The van der Waals surface area contributed by atoms with Crippen molar-refractivity contribution in [2.24, 2.45) is 11.5 Å². The van der Waals surface area contributed by atoms with Gasteiger partial charge in [0.25, 0.3) is 11.8 Å². The Hall–Kier alpha value is -4.75. The minimum absolute atomic E-state index is 0.00229. The summed E-state index contributed by atoms with van der Waals surface area (Å²) in [7, 11) is -4.97. The van der Waals surface area contributed by atoms with Crippen LogP contribution in [0.5, 0.6) is 0 Å². The van der Waals surface area contributed by atoms with E-state index in [0.717, 1.165) is 12.5 Å². The molecule has 0 saturated carbocycles. The Labute approximate surface area is 218 Å². The second kappa shape index (κ2) is 8.64. The van der Waals surface area contributed by atoms with Crippen molar-refractivity contribution >= 4 is 45.4 Å². The normalized spacial score (nSPS) is 22.5. The third-order valence-electron chi connectivity index (χ3n) is 6.25. The molecule has 6 rings (SSSR count). The van der Waals surface area contributed by atoms with Crippen molar-refractivity contribution in [2.45, 2.75) is 12.1 Å². The molecule has 4 bridgehead atoms. The average molecular weight is 562 g/mol. The van der Waals surface area contributed by atoms with Crippen LogP contribution in [-0.2, 0) is 19.0 Å². The van der Waals surface area contributed by atoms with E-state index in [4.69, 9.17) is 28.9 Å². The maximum absolute atomic E-state index is 12.8. The monoisotopic (exact) mass is 562 g/mol. The van der Waals surface area contributed by atoms with Crippen LogP contribution in [0.4, 0.5) is 9.59 Å². The summed E-state index contributed by atoms with van der Waals surface area (Å²) in [5.41, 5.74) is 10.9. The van der Waals surface area contributed by atoms with Gasteiger partial charge in [-0.1, -0.05) is 0 Å². The van der Waals surface area contributed by atoms with E-state index in [-0.39, 0.29) is 49.3 Å². The van der Waals surface area contributed by atoms with Crippen LogP contribution in [0.2, 0.25) is 0 Å². The van der Waals surface area contributed by atoms with Gasteiger partial charge in [0.2, 0.25) is 11.8 Å². The quantitative estimate of drug-likeness (QED) is 0.381. The predicted molar refractivity (Wildman–Crippen MR) is 122 cm³/mol. The maximum atomic E-state index is 12.8. The Morgan fingerprint density at radius 2 is 1.23 bits per heavy atom. The second-order valence-electron chi connectivity index (χ2n) is 8.86. The first-order valence-corrected chi connectivity index (χ1v) is 12.6. The van der Waals surface area contributed by atoms with Gasteiger partial charge < -0.3 is 30.1 Å². The van der Waals surface area contributed by atoms with Crippen molar-refractivity contribution in [3.63, 3.8) is 0 Å². The number of hydrogen-bond donors (Lipinski definition) is 2. The zero-order valence-corrected chi connectivity index (χ0v) is 20.4. The molecule has 18 nitrogen and oxygen atoms in total. The van der Waals surface area contributed by atoms with E-state index in [1.165, 1.54) is 22.0 Å². The summed E-state index contributed by atoms with van der Waals surface area (Å²) in [4.78, 5) is 58.6. The highest BCUT2D eigenvalue weighted by molar-refractivity contribution is 7.81. The van der Waals surface area contributed by atoms with Gasteiger partial charge in [0.05, 0.1) is 25.2 Å². The summed E-state index contributed by atoms with van der Waals surface area (Å²) in [5.74, 6) is -1.53. The van der Waals surface area contributed by atoms with Crippen LogP contribution in [0.1, 0.15) is 32.8 Å². The van der Waals surface area contributed by atoms with Crippen LogP contribution < -0.4 is 11.5 Å². The number of rotatable bonds is 8. The summed E-state index contributed by atoms with van der Waals surface area (Å²) in [6, 6.07) is -3.33. The van der Waals surface area contributed by atoms with Crippen LogP contribution in [0, 0.1) is 0 Å². The predicted octanol–water partition coefficient (Wildman–Crippen LogP) is -1.32. The molecule has 0 aromatic carbocycles. The molecule has 0 spiro atoms. The van der Waals surface area contributed by atoms with Crippen LogP contribution >= 0.6 is 0 Å². The van der Waals surface area contributed by atoms with Crippen molar-refractivity contribution in [2.75, 3.05) is 26.2 Å². The average Bonchev–Trinajstić information content (AvgIpc) is 3.66. The lowest BCUT2D eigenvalue weighted by Crippen LogP contribution is -2.40. The number of fused-ring (bicyclic) bond motifs is 4. The molecule has 2 fully saturated rings. The van der Waals surface area contributed by atoms with Crippen molar-refractivity contribution < 1.29 is 45.0 Å². The Bertz CT molecular complexity index is 1480. The molecular formula is C20H18N8O10S. The van der Waals surface area contributed by atoms with Crippen LogP contribution in [0.3, 0.4) is 0 Å². The molecule has 4 N–H and O–H groups in total. The van der Waals surface area contributed by atoms with E-state index in [0.29, 0.717) is 21.3 Å². The standard InChI is InChI=1S/C20H18N8O10S/c21-15(29)13-7-35-17(23-13)9-1-11-5-25(3-9)19(31)27(11)37-39(33,34)38-28-12-2-10(4-26(6-12)20(28)32)18-24-14(8-36-18)16(22)30/h1-2,7-8,11-12H,3-6H2,(H2,21,29)(H2,22,30). The van der Waals surface area contributed by atoms with E-state index in [9.17, 15) is 27.6 Å². The second-order valence-corrected chi connectivity index (χ2v) is 9.97. The van der Waals surface area contributed by atoms with E-state index >= 15 is 0 Å². The zero-order chi connectivity index (χ0) is 27.6. The molecule has 2 unspecified atom stereocenters. The number of hydrogen-bond acceptors (Lipinski definition) is 12. The molecule has 204 valence electrons. The first-order chi connectivity index (χ1) is 18.5. The van der Waals surface area contributed by atoms with Gasteiger partial charge in [0.15, 0.2) is 11.4 Å². The first-order valence-electron chi connectivity index (χ1n) is 11.2. The fourth-order valence-electron chi connectivity index (χ4n) is 4.54. The van der Waals surface area contributed by atoms with Gasteiger partial charge in [0, 0.05) is 24.2 Å². The Kier molecular flexibility index (Phi) is 5.45. The lowest BCUT2D eigenvalue weighted by molar-refractivity contribution is -0.0723. The lowest BCUT2D eigenvalue weighted by atomic mass is 10.1. The van der Waals surface area contributed by atoms with Gasteiger partial charge in [-0.3, -0.25) is 9.59 Å². The number of urea groups is 2. The van der Waals surface area contributed by atoms with Gasteiger partial charge in [0.1, 0.15) is 12.5 Å². The van der Waals surface area contributed by atoms with Gasteiger partial charge in [-0.05, 0) is 12.2 Å². The third kappa shape index (κ3) is 4.27. The number of primary amides is 2. The largest absolute Gasteiger partial charge is 0.444 e. The Morgan fingerprint density at radius 3 is 1.59 bits per heavy atom. The molecule has 0 aliphatic carbocycles. The molecule has 19 heteroatoms. The summed E-state index contributed by atoms with van der Waals surface area (Å²) in [6.07, 6.45) is 5.13. The highest BCUT2D eigenvalue weighted by Crippen LogP contribution is 2.33. The van der Waals surface area contributed by atoms with Crippen LogP contribution in [0.25, 0.3) is 11.1 Å². The zero-order valence-electron chi connectivity index (χ0n) is 19.6. The molecule has 6 heterocycles. The summed E-state index contributed by atoms with van der Waals surface area (Å²) in [6.45, 7) is 0.191. The molecule has 39 heavy (non-hydrogen) atoms. The van der Waals surface area contributed by atoms with Crippen molar-refractivity contribution in [1.29, 1.82) is 0 Å². The number of carbonyl (C=O) groups is 4. The highest BCUT2D eigenvalue weighted by Gasteiger charge is 2.48. The summed E-state index contributed by atoms with van der Waals surface area (Å²) >= 11 is 0. The van der Waals surface area contributed by atoms with E-state index < -0.39 is 46.4 Å². The number of amides is 6. The molecule has 2 aromatic heterocycles. The van der Waals surface area contributed by atoms with Crippen molar-refractivity contribution in [3.8, 4) is 0 Å². The minimum atomic E-state index is -4.97. The minimum Gasteiger partial charge on any atom is -0.444 e. The fourth-order valence-corrected chi connectivity index (χ4v) is 5.31.